The van der Waals surface area contributed by atoms with E-state index in [1.165, 1.54) is 12.8 Å². The minimum absolute atomic E-state index is 0.169. The number of nitrogens with zero attached hydrogens (tertiary/aromatic N) is 1. The summed E-state index contributed by atoms with van der Waals surface area (Å²) >= 11 is 1.56. The van der Waals surface area contributed by atoms with E-state index < -0.39 is 0 Å². The average molecular weight is 357 g/mol. The fourth-order valence-electron chi connectivity index (χ4n) is 3.12. The van der Waals surface area contributed by atoms with Gasteiger partial charge in [-0.3, -0.25) is 4.79 Å². The van der Waals surface area contributed by atoms with Gasteiger partial charge in [-0.1, -0.05) is 6.92 Å². The van der Waals surface area contributed by atoms with Crippen LogP contribution in [0.15, 0.2) is 30.3 Å². The molecule has 0 saturated heterocycles. The van der Waals surface area contributed by atoms with Gasteiger partial charge in [0.2, 0.25) is 0 Å². The van der Waals surface area contributed by atoms with Gasteiger partial charge in [-0.15, -0.1) is 11.3 Å². The number of fused-ring (bicyclic) bond motifs is 1. The maximum Gasteiger partial charge on any atom is 0.263 e. The molecule has 2 heterocycles. The van der Waals surface area contributed by atoms with Crippen LogP contribution in [-0.4, -0.2) is 37.1 Å². The molecule has 0 radical (unpaired) electrons. The molecule has 4 nitrogen and oxygen atoms in total. The van der Waals surface area contributed by atoms with Crippen molar-refractivity contribution in [2.75, 3.05) is 26.3 Å². The quantitative estimate of drug-likeness (QED) is 0.767. The number of rotatable bonds is 6. The first-order valence-corrected chi connectivity index (χ1v) is 9.85. The van der Waals surface area contributed by atoms with Crippen LogP contribution >= 0.6 is 11.3 Å². The van der Waals surface area contributed by atoms with E-state index >= 15 is 0 Å². The Kier molecular flexibility index (Phi) is 4.66. The molecule has 0 unspecified atom stereocenters. The molecule has 0 bridgehead atoms. The second-order valence-electron chi connectivity index (χ2n) is 6.72. The van der Waals surface area contributed by atoms with Gasteiger partial charge in [0.25, 0.3) is 5.91 Å². The van der Waals surface area contributed by atoms with Crippen LogP contribution in [-0.2, 0) is 0 Å². The Morgan fingerprint density at radius 1 is 1.16 bits per heavy atom. The first-order chi connectivity index (χ1) is 12.2. The zero-order valence-electron chi connectivity index (χ0n) is 14.5. The number of hydrogen-bond acceptors (Lipinski definition) is 4. The zero-order chi connectivity index (χ0) is 17.2. The highest BCUT2D eigenvalue weighted by atomic mass is 32.1. The average Bonchev–Trinajstić information content (AvgIpc) is 3.32. The molecule has 0 atom stereocenters. The monoisotopic (exact) mass is 357 g/mol. The summed E-state index contributed by atoms with van der Waals surface area (Å²) < 4.78 is 11.2. The molecule has 0 N–H and O–H groups in total. The number of amides is 1. The summed E-state index contributed by atoms with van der Waals surface area (Å²) in [6.07, 6.45) is 3.53. The van der Waals surface area contributed by atoms with Crippen molar-refractivity contribution >= 4 is 17.2 Å². The predicted octanol–water partition coefficient (Wildman–Crippen LogP) is 4.45. The molecule has 25 heavy (non-hydrogen) atoms. The summed E-state index contributed by atoms with van der Waals surface area (Å²) in [7, 11) is 0. The number of carbonyl (C=O) groups excluding carboxylic acids is 1. The van der Waals surface area contributed by atoms with Crippen molar-refractivity contribution in [2.24, 2.45) is 5.92 Å². The van der Waals surface area contributed by atoms with Gasteiger partial charge in [0, 0.05) is 18.0 Å². The molecule has 2 aliphatic rings. The van der Waals surface area contributed by atoms with Crippen LogP contribution in [0, 0.1) is 5.92 Å². The Bertz CT molecular complexity index is 766. The van der Waals surface area contributed by atoms with Crippen LogP contribution in [0.2, 0.25) is 0 Å². The fourth-order valence-corrected chi connectivity index (χ4v) is 4.09. The minimum atomic E-state index is 0.169. The molecule has 1 aromatic carbocycles. The third-order valence-electron chi connectivity index (χ3n) is 4.60. The molecule has 2 aromatic rings. The van der Waals surface area contributed by atoms with E-state index in [-0.39, 0.29) is 5.91 Å². The SMILES string of the molecule is CCCN(CC1CC1)C(=O)c1ccc(-c2ccc3c(c2)OCCO3)s1. The highest BCUT2D eigenvalue weighted by Crippen LogP contribution is 2.37. The Labute approximate surface area is 152 Å². The molecule has 1 saturated carbocycles. The van der Waals surface area contributed by atoms with Gasteiger partial charge in [-0.05, 0) is 61.1 Å². The second kappa shape index (κ2) is 7.08. The van der Waals surface area contributed by atoms with E-state index in [1.54, 1.807) is 11.3 Å². The lowest BCUT2D eigenvalue weighted by Gasteiger charge is -2.21. The molecular weight excluding hydrogens is 334 g/mol. The van der Waals surface area contributed by atoms with Gasteiger partial charge in [0.1, 0.15) is 13.2 Å². The standard InChI is InChI=1S/C20H23NO3S/c1-2-9-21(13-14-3-4-14)20(22)19-8-7-18(25-19)15-5-6-16-17(12-15)24-11-10-23-16/h5-8,12,14H,2-4,9-11,13H2,1H3. The third kappa shape index (κ3) is 3.66. The lowest BCUT2D eigenvalue weighted by atomic mass is 10.1. The number of thiophene rings is 1. The van der Waals surface area contributed by atoms with Gasteiger partial charge >= 0.3 is 0 Å². The lowest BCUT2D eigenvalue weighted by molar-refractivity contribution is 0.0752. The van der Waals surface area contributed by atoms with Crippen molar-refractivity contribution in [3.8, 4) is 21.9 Å². The molecule has 1 fully saturated rings. The Morgan fingerprint density at radius 3 is 2.72 bits per heavy atom. The lowest BCUT2D eigenvalue weighted by Crippen LogP contribution is -2.33. The summed E-state index contributed by atoms with van der Waals surface area (Å²) in [6.45, 7) is 5.05. The highest BCUT2D eigenvalue weighted by Gasteiger charge is 2.27. The zero-order valence-corrected chi connectivity index (χ0v) is 15.3. The third-order valence-corrected chi connectivity index (χ3v) is 5.72. The smallest absolute Gasteiger partial charge is 0.263 e. The number of ether oxygens (including phenoxy) is 2. The van der Waals surface area contributed by atoms with E-state index in [2.05, 4.69) is 6.92 Å². The summed E-state index contributed by atoms with van der Waals surface area (Å²) in [5.74, 6) is 2.46. The van der Waals surface area contributed by atoms with E-state index in [4.69, 9.17) is 9.47 Å². The minimum Gasteiger partial charge on any atom is -0.486 e. The highest BCUT2D eigenvalue weighted by molar-refractivity contribution is 7.17. The molecule has 0 spiro atoms. The summed E-state index contributed by atoms with van der Waals surface area (Å²) in [6, 6.07) is 9.96. The van der Waals surface area contributed by atoms with Gasteiger partial charge in [0.15, 0.2) is 11.5 Å². The van der Waals surface area contributed by atoms with E-state index in [1.807, 2.05) is 35.2 Å². The van der Waals surface area contributed by atoms with Crippen molar-refractivity contribution < 1.29 is 14.3 Å². The summed E-state index contributed by atoms with van der Waals surface area (Å²) in [4.78, 5) is 16.8. The van der Waals surface area contributed by atoms with Crippen LogP contribution in [0.25, 0.3) is 10.4 Å². The fraction of sp³-hybridized carbons (Fsp3) is 0.450. The topological polar surface area (TPSA) is 38.8 Å². The largest absolute Gasteiger partial charge is 0.486 e. The van der Waals surface area contributed by atoms with Crippen LogP contribution in [0.4, 0.5) is 0 Å². The van der Waals surface area contributed by atoms with Gasteiger partial charge in [-0.2, -0.15) is 0 Å². The number of carbonyl (C=O) groups is 1. The van der Waals surface area contributed by atoms with Crippen molar-refractivity contribution in [3.63, 3.8) is 0 Å². The van der Waals surface area contributed by atoms with Crippen LogP contribution in [0.5, 0.6) is 11.5 Å². The van der Waals surface area contributed by atoms with E-state index in [9.17, 15) is 4.79 Å². The molecule has 1 aromatic heterocycles. The maximum atomic E-state index is 12.9. The molecule has 1 amide bonds. The molecule has 132 valence electrons. The van der Waals surface area contributed by atoms with Crippen molar-refractivity contribution in [1.82, 2.24) is 4.90 Å². The van der Waals surface area contributed by atoms with E-state index in [0.29, 0.717) is 19.1 Å². The molecular formula is C20H23NO3S. The van der Waals surface area contributed by atoms with E-state index in [0.717, 1.165) is 46.3 Å². The number of benzene rings is 1. The normalized spacial score (nSPS) is 15.9. The Balaban J connectivity index is 1.53. The maximum absolute atomic E-state index is 12.9. The van der Waals surface area contributed by atoms with Crippen molar-refractivity contribution in [1.29, 1.82) is 0 Å². The van der Waals surface area contributed by atoms with Gasteiger partial charge < -0.3 is 14.4 Å². The Hall–Kier alpha value is -2.01. The van der Waals surface area contributed by atoms with Crippen LogP contribution in [0.3, 0.4) is 0 Å². The molecule has 1 aliphatic carbocycles. The summed E-state index contributed by atoms with van der Waals surface area (Å²) in [5, 5.41) is 0. The van der Waals surface area contributed by atoms with Crippen molar-refractivity contribution in [2.45, 2.75) is 26.2 Å². The number of hydrogen-bond donors (Lipinski definition) is 0. The van der Waals surface area contributed by atoms with Gasteiger partial charge in [0.05, 0.1) is 4.88 Å². The summed E-state index contributed by atoms with van der Waals surface area (Å²) in [5.41, 5.74) is 1.07. The Morgan fingerprint density at radius 2 is 1.96 bits per heavy atom. The molecule has 1 aliphatic heterocycles. The second-order valence-corrected chi connectivity index (χ2v) is 7.80. The first-order valence-electron chi connectivity index (χ1n) is 9.03. The predicted molar refractivity (Wildman–Crippen MR) is 99.7 cm³/mol. The van der Waals surface area contributed by atoms with Gasteiger partial charge in [-0.25, -0.2) is 0 Å². The molecule has 5 heteroatoms. The van der Waals surface area contributed by atoms with Crippen molar-refractivity contribution in [3.05, 3.63) is 35.2 Å². The van der Waals surface area contributed by atoms with Crippen LogP contribution < -0.4 is 9.47 Å². The molecule has 4 rings (SSSR count). The van der Waals surface area contributed by atoms with Crippen LogP contribution in [0.1, 0.15) is 35.9 Å². The first kappa shape index (κ1) is 16.5.